The molecule has 3 aromatic rings. The zero-order valence-corrected chi connectivity index (χ0v) is 21.8. The maximum Gasteiger partial charge on any atom is 0.281 e. The van der Waals surface area contributed by atoms with Crippen LogP contribution >= 0.6 is 15.9 Å². The third-order valence-corrected chi connectivity index (χ3v) is 7.33. The zero-order valence-electron chi connectivity index (χ0n) is 20.2. The lowest BCUT2D eigenvalue weighted by Gasteiger charge is -2.23. The van der Waals surface area contributed by atoms with Crippen LogP contribution < -0.4 is 5.56 Å². The van der Waals surface area contributed by atoms with Crippen molar-refractivity contribution < 1.29 is 0 Å². The molecule has 3 nitrogen and oxygen atoms in total. The highest BCUT2D eigenvalue weighted by molar-refractivity contribution is 9.10. The van der Waals surface area contributed by atoms with Gasteiger partial charge >= 0.3 is 0 Å². The number of rotatable bonds is 10. The first kappa shape index (κ1) is 24.7. The molecule has 0 aliphatic heterocycles. The average molecular weight is 498 g/mol. The van der Waals surface area contributed by atoms with Crippen molar-refractivity contribution in [2.24, 2.45) is 0 Å². The van der Waals surface area contributed by atoms with Crippen LogP contribution in [0.15, 0.2) is 45.7 Å². The van der Waals surface area contributed by atoms with Gasteiger partial charge in [0.1, 0.15) is 5.82 Å². The number of unbranched alkanes of at least 4 members (excludes halogenated alkanes) is 2. The van der Waals surface area contributed by atoms with E-state index in [9.17, 15) is 4.79 Å². The number of fused-ring (bicyclic) bond motifs is 1. The molecule has 0 N–H and O–H groups in total. The summed E-state index contributed by atoms with van der Waals surface area (Å²) in [4.78, 5) is 17.5. The topological polar surface area (TPSA) is 34.9 Å². The first-order chi connectivity index (χ1) is 15.4. The fraction of sp³-hybridized carbons (Fsp3) is 0.500. The summed E-state index contributed by atoms with van der Waals surface area (Å²) < 4.78 is 3.01. The fourth-order valence-corrected chi connectivity index (χ4v) is 5.19. The Hall–Kier alpha value is -1.94. The molecule has 4 heteroatoms. The summed E-state index contributed by atoms with van der Waals surface area (Å²) >= 11 is 3.58. The van der Waals surface area contributed by atoms with Gasteiger partial charge in [0.2, 0.25) is 0 Å². The summed E-state index contributed by atoms with van der Waals surface area (Å²) in [7, 11) is 0. The summed E-state index contributed by atoms with van der Waals surface area (Å²) in [5.74, 6) is 1.64. The van der Waals surface area contributed by atoms with Crippen LogP contribution in [0.1, 0.15) is 101 Å². The molecule has 2 aromatic carbocycles. The Labute approximate surface area is 201 Å². The monoisotopic (exact) mass is 496 g/mol. The fourth-order valence-electron chi connectivity index (χ4n) is 4.66. The van der Waals surface area contributed by atoms with Crippen molar-refractivity contribution in [3.8, 4) is 5.69 Å². The lowest BCUT2D eigenvalue weighted by Crippen LogP contribution is -2.20. The Morgan fingerprint density at radius 1 is 1.03 bits per heavy atom. The van der Waals surface area contributed by atoms with Gasteiger partial charge in [-0.3, -0.25) is 9.36 Å². The quantitative estimate of drug-likeness (QED) is 0.264. The van der Waals surface area contributed by atoms with E-state index in [0.717, 1.165) is 27.9 Å². The second kappa shape index (κ2) is 11.3. The largest absolute Gasteiger partial charge is 0.297 e. The molecule has 0 amide bonds. The lowest BCUT2D eigenvalue weighted by molar-refractivity contribution is 0.529. The van der Waals surface area contributed by atoms with Crippen LogP contribution in [-0.2, 0) is 0 Å². The highest BCUT2D eigenvalue weighted by atomic mass is 79.9. The van der Waals surface area contributed by atoms with Crippen LogP contribution in [0.4, 0.5) is 0 Å². The van der Waals surface area contributed by atoms with Gasteiger partial charge in [0.05, 0.1) is 16.6 Å². The molecule has 0 saturated carbocycles. The molecule has 0 spiro atoms. The van der Waals surface area contributed by atoms with Gasteiger partial charge in [-0.15, -0.1) is 0 Å². The van der Waals surface area contributed by atoms with Crippen molar-refractivity contribution in [2.45, 2.75) is 91.4 Å². The number of aryl methyl sites for hydroxylation is 1. The molecule has 0 bridgehead atoms. The van der Waals surface area contributed by atoms with Gasteiger partial charge in [0, 0.05) is 10.4 Å². The maximum atomic E-state index is 12.9. The highest BCUT2D eigenvalue weighted by Crippen LogP contribution is 2.33. The van der Waals surface area contributed by atoms with Gasteiger partial charge in [0.25, 0.3) is 5.56 Å². The van der Waals surface area contributed by atoms with E-state index in [4.69, 9.17) is 0 Å². The van der Waals surface area contributed by atoms with Gasteiger partial charge in [-0.05, 0) is 77.4 Å². The Bertz CT molecular complexity index is 1120. The SMILES string of the molecule is CCCCCC(CCC)c1ccc(-n2c(C(C)CC)nc(=O)c3c(Br)cccc32)c(C)c1. The Kier molecular flexibility index (Phi) is 8.70. The minimum atomic E-state index is -0.160. The van der Waals surface area contributed by atoms with E-state index in [1.165, 1.54) is 49.7 Å². The second-order valence-corrected chi connectivity index (χ2v) is 9.94. The molecule has 2 unspecified atom stereocenters. The van der Waals surface area contributed by atoms with Crippen molar-refractivity contribution in [3.05, 3.63) is 68.2 Å². The summed E-state index contributed by atoms with van der Waals surface area (Å²) in [6, 6.07) is 12.9. The second-order valence-electron chi connectivity index (χ2n) is 9.08. The Morgan fingerprint density at radius 3 is 2.47 bits per heavy atom. The summed E-state index contributed by atoms with van der Waals surface area (Å²) in [6.07, 6.45) is 8.49. The van der Waals surface area contributed by atoms with E-state index in [2.05, 4.69) is 78.3 Å². The molecule has 172 valence electrons. The molecule has 32 heavy (non-hydrogen) atoms. The van der Waals surface area contributed by atoms with Gasteiger partial charge in [-0.25, -0.2) is 0 Å². The standard InChI is InChI=1S/C28H37BrN2O/c1-6-9-10-13-21(12-7-2)22-16-17-24(20(5)18-22)31-25-15-11-14-23(29)26(25)28(32)30-27(31)19(4)8-3/h11,14-19,21H,6-10,12-13H2,1-5H3. The molecule has 0 radical (unpaired) electrons. The van der Waals surface area contributed by atoms with Crippen molar-refractivity contribution in [1.29, 1.82) is 0 Å². The lowest BCUT2D eigenvalue weighted by atomic mass is 9.88. The van der Waals surface area contributed by atoms with Gasteiger partial charge in [0.15, 0.2) is 0 Å². The number of halogens is 1. The van der Waals surface area contributed by atoms with Crippen molar-refractivity contribution in [1.82, 2.24) is 9.55 Å². The predicted molar refractivity (Wildman–Crippen MR) is 140 cm³/mol. The van der Waals surface area contributed by atoms with E-state index in [0.29, 0.717) is 11.3 Å². The van der Waals surface area contributed by atoms with Crippen molar-refractivity contribution in [3.63, 3.8) is 0 Å². The first-order valence-corrected chi connectivity index (χ1v) is 13.0. The van der Waals surface area contributed by atoms with Gasteiger partial charge in [-0.1, -0.05) is 71.6 Å². The molecular formula is C28H37BrN2O. The number of nitrogens with zero attached hydrogens (tertiary/aromatic N) is 2. The summed E-state index contributed by atoms with van der Waals surface area (Å²) in [5, 5.41) is 0.645. The van der Waals surface area contributed by atoms with Crippen molar-refractivity contribution >= 4 is 26.8 Å². The van der Waals surface area contributed by atoms with E-state index < -0.39 is 0 Å². The number of hydrogen-bond acceptors (Lipinski definition) is 2. The molecule has 0 fully saturated rings. The molecule has 0 aliphatic rings. The number of benzene rings is 2. The zero-order chi connectivity index (χ0) is 23.3. The Morgan fingerprint density at radius 2 is 1.81 bits per heavy atom. The third kappa shape index (κ3) is 5.17. The molecule has 1 aromatic heterocycles. The van der Waals surface area contributed by atoms with Crippen LogP contribution in [0.2, 0.25) is 0 Å². The molecule has 1 heterocycles. The predicted octanol–water partition coefficient (Wildman–Crippen LogP) is 8.43. The molecule has 3 rings (SSSR count). The van der Waals surface area contributed by atoms with Crippen LogP contribution in [0.25, 0.3) is 16.6 Å². The summed E-state index contributed by atoms with van der Waals surface area (Å²) in [6.45, 7) is 11.0. The van der Waals surface area contributed by atoms with E-state index in [1.54, 1.807) is 0 Å². The van der Waals surface area contributed by atoms with Crippen LogP contribution in [0, 0.1) is 6.92 Å². The first-order valence-electron chi connectivity index (χ1n) is 12.2. The third-order valence-electron chi connectivity index (χ3n) is 6.67. The van der Waals surface area contributed by atoms with E-state index >= 15 is 0 Å². The minimum absolute atomic E-state index is 0.160. The molecule has 0 aliphatic carbocycles. The normalized spacial score (nSPS) is 13.4. The highest BCUT2D eigenvalue weighted by Gasteiger charge is 2.20. The maximum absolute atomic E-state index is 12.9. The van der Waals surface area contributed by atoms with Gasteiger partial charge in [-0.2, -0.15) is 4.98 Å². The molecular weight excluding hydrogens is 460 g/mol. The smallest absolute Gasteiger partial charge is 0.281 e. The van der Waals surface area contributed by atoms with E-state index in [-0.39, 0.29) is 11.5 Å². The Balaban J connectivity index is 2.17. The van der Waals surface area contributed by atoms with Crippen LogP contribution in [0.5, 0.6) is 0 Å². The minimum Gasteiger partial charge on any atom is -0.297 e. The molecule has 2 atom stereocenters. The van der Waals surface area contributed by atoms with Crippen LogP contribution in [0.3, 0.4) is 0 Å². The van der Waals surface area contributed by atoms with Crippen molar-refractivity contribution in [2.75, 3.05) is 0 Å². The summed E-state index contributed by atoms with van der Waals surface area (Å²) in [5.41, 5.74) is 4.54. The van der Waals surface area contributed by atoms with E-state index in [1.807, 2.05) is 18.2 Å². The number of hydrogen-bond donors (Lipinski definition) is 0. The number of aromatic nitrogens is 2. The van der Waals surface area contributed by atoms with Gasteiger partial charge < -0.3 is 0 Å². The average Bonchev–Trinajstić information content (AvgIpc) is 2.78. The molecule has 0 saturated heterocycles. The van der Waals surface area contributed by atoms with Crippen LogP contribution in [-0.4, -0.2) is 9.55 Å².